The van der Waals surface area contributed by atoms with Gasteiger partial charge in [-0.15, -0.1) is 0 Å². The van der Waals surface area contributed by atoms with E-state index in [2.05, 4.69) is 4.40 Å². The van der Waals surface area contributed by atoms with Crippen molar-refractivity contribution in [2.75, 3.05) is 0 Å². The van der Waals surface area contributed by atoms with Crippen molar-refractivity contribution in [2.45, 2.75) is 38.4 Å². The summed E-state index contributed by atoms with van der Waals surface area (Å²) in [7, 11) is -1.64. The van der Waals surface area contributed by atoms with E-state index in [1.54, 1.807) is 20.8 Å². The summed E-state index contributed by atoms with van der Waals surface area (Å²) in [4.78, 5) is 0. The molecule has 3 nitrogen and oxygen atoms in total. The minimum absolute atomic E-state index is 0.0383. The summed E-state index contributed by atoms with van der Waals surface area (Å²) < 4.78 is 55.9. The van der Waals surface area contributed by atoms with E-state index < -0.39 is 33.0 Å². The molecule has 0 saturated carbocycles. The molecule has 0 fully saturated rings. The molecule has 0 heterocycles. The second-order valence-corrected chi connectivity index (χ2v) is 7.30. The van der Waals surface area contributed by atoms with Gasteiger partial charge in [0, 0.05) is 5.56 Å². The molecule has 0 N–H and O–H groups in total. The van der Waals surface area contributed by atoms with Gasteiger partial charge in [-0.05, 0) is 33.8 Å². The summed E-state index contributed by atoms with van der Waals surface area (Å²) in [6, 6.07) is 4.06. The number of nitriles is 1. The first kappa shape index (κ1) is 17.4. The van der Waals surface area contributed by atoms with Gasteiger partial charge in [0.1, 0.15) is 22.9 Å². The van der Waals surface area contributed by atoms with Crippen LogP contribution in [0, 0.1) is 17.1 Å². The molecule has 0 aliphatic rings. The van der Waals surface area contributed by atoms with E-state index in [0.717, 1.165) is 12.1 Å². The Labute approximate surface area is 124 Å². The lowest BCUT2D eigenvalue weighted by Gasteiger charge is -2.15. The van der Waals surface area contributed by atoms with Crippen LogP contribution in [-0.2, 0) is 16.9 Å². The van der Waals surface area contributed by atoms with Crippen molar-refractivity contribution in [1.82, 2.24) is 0 Å². The normalized spacial score (nSPS) is 14.7. The van der Waals surface area contributed by atoms with Crippen molar-refractivity contribution in [1.29, 1.82) is 5.26 Å². The van der Waals surface area contributed by atoms with Crippen molar-refractivity contribution >= 4 is 16.7 Å². The monoisotopic (exact) mass is 316 g/mol. The Balaban J connectivity index is 3.35. The van der Waals surface area contributed by atoms with E-state index >= 15 is 0 Å². The van der Waals surface area contributed by atoms with Crippen LogP contribution in [0.5, 0.6) is 0 Å². The number of alkyl halides is 2. The summed E-state index contributed by atoms with van der Waals surface area (Å²) in [5, 5.41) is 8.41. The fraction of sp³-hybridized carbons (Fsp3) is 0.429. The second-order valence-electron chi connectivity index (χ2n) is 5.39. The van der Waals surface area contributed by atoms with Gasteiger partial charge in [-0.3, -0.25) is 0 Å². The number of benzene rings is 1. The van der Waals surface area contributed by atoms with Crippen LogP contribution in [0.25, 0.3) is 0 Å². The average Bonchev–Trinajstić information content (AvgIpc) is 2.37. The molecule has 1 aromatic carbocycles. The molecule has 7 heteroatoms. The summed E-state index contributed by atoms with van der Waals surface area (Å²) in [6.07, 6.45) is 0. The highest BCUT2D eigenvalue weighted by Crippen LogP contribution is 2.30. The lowest BCUT2D eigenvalue weighted by Crippen LogP contribution is -2.21. The second kappa shape index (κ2) is 5.98. The van der Waals surface area contributed by atoms with Crippen molar-refractivity contribution in [3.8, 4) is 6.07 Å². The van der Waals surface area contributed by atoms with Crippen LogP contribution in [-0.4, -0.2) is 14.7 Å². The van der Waals surface area contributed by atoms with E-state index in [0.29, 0.717) is 0 Å². The predicted molar refractivity (Wildman–Crippen MR) is 76.0 cm³/mol. The number of hydrogen-bond donors (Lipinski definition) is 0. The Kier molecular flexibility index (Phi) is 4.95. The van der Waals surface area contributed by atoms with Crippen LogP contribution in [0.3, 0.4) is 0 Å². The topological polar surface area (TPSA) is 53.2 Å². The maximum atomic E-state index is 14.1. The molecule has 1 atom stereocenters. The Morgan fingerprint density at radius 2 is 1.90 bits per heavy atom. The Morgan fingerprint density at radius 1 is 1.33 bits per heavy atom. The molecular formula is C14H15F3N2OS. The first-order valence-electron chi connectivity index (χ1n) is 6.06. The zero-order valence-electron chi connectivity index (χ0n) is 12.1. The quantitative estimate of drug-likeness (QED) is 0.798. The highest BCUT2D eigenvalue weighted by Gasteiger charge is 2.35. The maximum absolute atomic E-state index is 14.1. The van der Waals surface area contributed by atoms with Gasteiger partial charge in [0.2, 0.25) is 0 Å². The molecule has 0 saturated heterocycles. The standard InChI is InChI=1S/C14H15F3N2OS/c1-9(19-21(20)13(2,3)4)10-6-5-7-11(12(10)15)14(16,17)8-18/h5-7H,1-4H3. The Hall–Kier alpha value is -1.68. The molecule has 0 amide bonds. The van der Waals surface area contributed by atoms with Crippen molar-refractivity contribution < 1.29 is 17.4 Å². The van der Waals surface area contributed by atoms with Gasteiger partial charge < -0.3 is 0 Å². The summed E-state index contributed by atoms with van der Waals surface area (Å²) >= 11 is 0. The molecular weight excluding hydrogens is 301 g/mol. The number of nitrogens with zero attached hydrogens (tertiary/aromatic N) is 2. The molecule has 0 aliphatic carbocycles. The van der Waals surface area contributed by atoms with Crippen LogP contribution < -0.4 is 0 Å². The largest absolute Gasteiger partial charge is 0.360 e. The molecule has 1 rings (SSSR count). The van der Waals surface area contributed by atoms with E-state index in [4.69, 9.17) is 5.26 Å². The van der Waals surface area contributed by atoms with Gasteiger partial charge >= 0.3 is 5.92 Å². The Bertz CT molecular complexity index is 643. The SMILES string of the molecule is CC(=NS(=O)C(C)(C)C)c1cccc(C(F)(F)C#N)c1F. The van der Waals surface area contributed by atoms with Gasteiger partial charge in [0.15, 0.2) is 0 Å². The molecule has 0 radical (unpaired) electrons. The maximum Gasteiger partial charge on any atom is 0.360 e. The number of rotatable bonds is 3. The molecule has 21 heavy (non-hydrogen) atoms. The van der Waals surface area contributed by atoms with E-state index in [-0.39, 0.29) is 11.3 Å². The fourth-order valence-corrected chi connectivity index (χ4v) is 2.05. The van der Waals surface area contributed by atoms with Crippen LogP contribution in [0.4, 0.5) is 13.2 Å². The fourth-order valence-electron chi connectivity index (χ4n) is 1.42. The van der Waals surface area contributed by atoms with Crippen LogP contribution in [0.1, 0.15) is 38.8 Å². The van der Waals surface area contributed by atoms with Crippen molar-refractivity contribution in [3.05, 3.63) is 35.1 Å². The average molecular weight is 316 g/mol. The Morgan fingerprint density at radius 3 is 2.38 bits per heavy atom. The smallest absolute Gasteiger partial charge is 0.234 e. The molecule has 114 valence electrons. The van der Waals surface area contributed by atoms with E-state index in [1.807, 2.05) is 0 Å². The lowest BCUT2D eigenvalue weighted by atomic mass is 10.0. The first-order chi connectivity index (χ1) is 9.50. The predicted octanol–water partition coefficient (Wildman–Crippen LogP) is 3.71. The molecule has 1 aromatic rings. The third-order valence-electron chi connectivity index (χ3n) is 2.61. The summed E-state index contributed by atoms with van der Waals surface area (Å²) in [5.74, 6) is -5.15. The number of halogens is 3. The highest BCUT2D eigenvalue weighted by atomic mass is 32.2. The molecule has 0 aromatic heterocycles. The van der Waals surface area contributed by atoms with Crippen LogP contribution in [0.2, 0.25) is 0 Å². The van der Waals surface area contributed by atoms with Gasteiger partial charge in [0.05, 0.1) is 16.0 Å². The first-order valence-corrected chi connectivity index (χ1v) is 7.17. The van der Waals surface area contributed by atoms with E-state index in [1.165, 1.54) is 19.1 Å². The molecule has 1 unspecified atom stereocenters. The summed E-state index contributed by atoms with van der Waals surface area (Å²) in [5.41, 5.74) is -1.17. The minimum Gasteiger partial charge on any atom is -0.234 e. The van der Waals surface area contributed by atoms with Gasteiger partial charge in [-0.1, -0.05) is 12.1 Å². The van der Waals surface area contributed by atoms with Gasteiger partial charge in [-0.2, -0.15) is 18.4 Å². The number of hydrogen-bond acceptors (Lipinski definition) is 2. The lowest BCUT2D eigenvalue weighted by molar-refractivity contribution is 0.0571. The van der Waals surface area contributed by atoms with Crippen molar-refractivity contribution in [3.63, 3.8) is 0 Å². The third-order valence-corrected chi connectivity index (χ3v) is 4.10. The van der Waals surface area contributed by atoms with Crippen LogP contribution >= 0.6 is 0 Å². The third kappa shape index (κ3) is 3.91. The molecule has 0 aliphatic heterocycles. The zero-order valence-corrected chi connectivity index (χ0v) is 12.9. The van der Waals surface area contributed by atoms with Crippen molar-refractivity contribution in [2.24, 2.45) is 4.40 Å². The van der Waals surface area contributed by atoms with Gasteiger partial charge in [-0.25, -0.2) is 8.60 Å². The van der Waals surface area contributed by atoms with E-state index in [9.17, 15) is 17.4 Å². The zero-order chi connectivity index (χ0) is 16.4. The molecule has 0 bridgehead atoms. The minimum atomic E-state index is -3.93. The molecule has 0 spiro atoms. The summed E-state index contributed by atoms with van der Waals surface area (Å²) in [6.45, 7) is 6.46. The highest BCUT2D eigenvalue weighted by molar-refractivity contribution is 7.85. The van der Waals surface area contributed by atoms with Gasteiger partial charge in [0.25, 0.3) is 0 Å². The van der Waals surface area contributed by atoms with Crippen LogP contribution in [0.15, 0.2) is 22.6 Å².